The lowest BCUT2D eigenvalue weighted by Crippen LogP contribution is -2.29. The highest BCUT2D eigenvalue weighted by molar-refractivity contribution is 6.31. The van der Waals surface area contributed by atoms with Crippen LogP contribution in [0.2, 0.25) is 5.02 Å². The van der Waals surface area contributed by atoms with E-state index in [0.717, 1.165) is 6.54 Å². The van der Waals surface area contributed by atoms with Gasteiger partial charge in [0.05, 0.1) is 17.2 Å². The van der Waals surface area contributed by atoms with Crippen LogP contribution in [-0.4, -0.2) is 43.9 Å². The van der Waals surface area contributed by atoms with Gasteiger partial charge in [0.15, 0.2) is 0 Å². The molecule has 0 radical (unpaired) electrons. The summed E-state index contributed by atoms with van der Waals surface area (Å²) in [5, 5.41) is 6.53. The van der Waals surface area contributed by atoms with Crippen molar-refractivity contribution < 1.29 is 9.59 Å². The lowest BCUT2D eigenvalue weighted by atomic mass is 9.97. The summed E-state index contributed by atoms with van der Waals surface area (Å²) >= 11 is 5.98. The number of rotatable bonds is 3. The fourth-order valence-corrected chi connectivity index (χ4v) is 2.61. The van der Waals surface area contributed by atoms with Crippen LogP contribution >= 0.6 is 11.6 Å². The Morgan fingerprint density at radius 1 is 1.33 bits per heavy atom. The van der Waals surface area contributed by atoms with Gasteiger partial charge in [-0.25, -0.2) is 0 Å². The number of carbonyl (C=O) groups is 2. The van der Waals surface area contributed by atoms with Crippen molar-refractivity contribution in [3.63, 3.8) is 0 Å². The largest absolute Gasteiger partial charge is 0.345 e. The number of nitrogens with zero attached hydrogens (tertiary/aromatic N) is 1. The first-order chi connectivity index (χ1) is 9.90. The van der Waals surface area contributed by atoms with Crippen molar-refractivity contribution in [1.82, 2.24) is 10.2 Å². The van der Waals surface area contributed by atoms with Crippen LogP contribution in [0.15, 0.2) is 18.2 Å². The van der Waals surface area contributed by atoms with E-state index < -0.39 is 0 Å². The van der Waals surface area contributed by atoms with Crippen LogP contribution in [0.1, 0.15) is 17.3 Å². The summed E-state index contributed by atoms with van der Waals surface area (Å²) in [6, 6.07) is 4.90. The van der Waals surface area contributed by atoms with Crippen LogP contribution in [0, 0.1) is 11.8 Å². The van der Waals surface area contributed by atoms with Crippen molar-refractivity contribution in [2.24, 2.45) is 11.8 Å². The Balaban J connectivity index is 2.24. The summed E-state index contributed by atoms with van der Waals surface area (Å²) in [5.74, 6) is -0.0643. The zero-order valence-corrected chi connectivity index (χ0v) is 13.2. The van der Waals surface area contributed by atoms with E-state index in [-0.39, 0.29) is 23.7 Å². The number of carbonyl (C=O) groups excluding carboxylic acids is 2. The van der Waals surface area contributed by atoms with E-state index >= 15 is 0 Å². The molecule has 2 atom stereocenters. The molecule has 114 valence electrons. The summed E-state index contributed by atoms with van der Waals surface area (Å²) in [5.41, 5.74) is 0.904. The third-order valence-corrected chi connectivity index (χ3v) is 3.97. The second-order valence-electron chi connectivity index (χ2n) is 5.62. The third kappa shape index (κ3) is 3.54. The molecule has 0 saturated carbocycles. The summed E-state index contributed by atoms with van der Waals surface area (Å²) in [6.45, 7) is 3.52. The van der Waals surface area contributed by atoms with Gasteiger partial charge in [0.1, 0.15) is 0 Å². The number of nitrogens with one attached hydrogen (secondary N) is 2. The van der Waals surface area contributed by atoms with Crippen LogP contribution in [0.4, 0.5) is 5.69 Å². The molecule has 2 N–H and O–H groups in total. The van der Waals surface area contributed by atoms with Crippen LogP contribution in [0.25, 0.3) is 0 Å². The van der Waals surface area contributed by atoms with Gasteiger partial charge in [0.2, 0.25) is 5.91 Å². The van der Waals surface area contributed by atoms with Gasteiger partial charge in [-0.2, -0.15) is 0 Å². The van der Waals surface area contributed by atoms with Crippen molar-refractivity contribution in [2.75, 3.05) is 32.5 Å². The predicted octanol–water partition coefficient (Wildman–Crippen LogP) is 1.84. The summed E-state index contributed by atoms with van der Waals surface area (Å²) in [7, 11) is 3.34. The second kappa shape index (κ2) is 6.45. The first-order valence-corrected chi connectivity index (χ1v) is 7.30. The first kappa shape index (κ1) is 15.8. The molecule has 1 aromatic rings. The molecular formula is C15H20ClN3O2. The minimum absolute atomic E-state index is 0.0810. The maximum atomic E-state index is 12.4. The molecule has 0 spiro atoms. The Kier molecular flexibility index (Phi) is 4.85. The molecule has 21 heavy (non-hydrogen) atoms. The van der Waals surface area contributed by atoms with Gasteiger partial charge in [-0.05, 0) is 30.7 Å². The number of hydrogen-bond acceptors (Lipinski definition) is 3. The van der Waals surface area contributed by atoms with Crippen molar-refractivity contribution in [3.05, 3.63) is 28.8 Å². The van der Waals surface area contributed by atoms with Gasteiger partial charge in [0, 0.05) is 25.7 Å². The molecule has 1 saturated heterocycles. The molecule has 1 aromatic carbocycles. The van der Waals surface area contributed by atoms with Gasteiger partial charge in [-0.3, -0.25) is 9.59 Å². The van der Waals surface area contributed by atoms with E-state index in [1.165, 1.54) is 4.90 Å². The summed E-state index contributed by atoms with van der Waals surface area (Å²) in [6.07, 6.45) is 0. The standard InChI is InChI=1S/C15H20ClN3O2/c1-9-7-17-8-12(9)14(20)18-13-6-10(16)4-5-11(13)15(21)19(2)3/h4-6,9,12,17H,7-8H2,1-3H3,(H,18,20)/t9-,12-/m1/s1. The lowest BCUT2D eigenvalue weighted by molar-refractivity contribution is -0.120. The van der Waals surface area contributed by atoms with Gasteiger partial charge in [-0.15, -0.1) is 0 Å². The highest BCUT2D eigenvalue weighted by atomic mass is 35.5. The highest BCUT2D eigenvalue weighted by Gasteiger charge is 2.30. The zero-order valence-electron chi connectivity index (χ0n) is 12.4. The number of benzene rings is 1. The summed E-state index contributed by atoms with van der Waals surface area (Å²) in [4.78, 5) is 26.0. The fraction of sp³-hybridized carbons (Fsp3) is 0.467. The molecule has 1 aliphatic heterocycles. The Labute approximate surface area is 129 Å². The number of halogens is 1. The van der Waals surface area contributed by atoms with E-state index in [2.05, 4.69) is 10.6 Å². The quantitative estimate of drug-likeness (QED) is 0.895. The van der Waals surface area contributed by atoms with Gasteiger partial charge >= 0.3 is 0 Å². The van der Waals surface area contributed by atoms with Gasteiger partial charge in [-0.1, -0.05) is 18.5 Å². The molecule has 5 nitrogen and oxygen atoms in total. The molecule has 0 aliphatic carbocycles. The molecule has 2 amide bonds. The minimum atomic E-state index is -0.167. The number of amides is 2. The molecule has 2 rings (SSSR count). The van der Waals surface area contributed by atoms with Gasteiger partial charge < -0.3 is 15.5 Å². The van der Waals surface area contributed by atoms with Crippen molar-refractivity contribution >= 4 is 29.1 Å². The van der Waals surface area contributed by atoms with E-state index in [1.807, 2.05) is 6.92 Å². The lowest BCUT2D eigenvalue weighted by Gasteiger charge is -2.18. The molecule has 6 heteroatoms. The molecule has 1 heterocycles. The zero-order chi connectivity index (χ0) is 15.6. The van der Waals surface area contributed by atoms with Crippen molar-refractivity contribution in [1.29, 1.82) is 0 Å². The van der Waals surface area contributed by atoms with E-state index in [4.69, 9.17) is 11.6 Å². The van der Waals surface area contributed by atoms with Crippen LogP contribution in [-0.2, 0) is 4.79 Å². The van der Waals surface area contributed by atoms with Crippen LogP contribution in [0.3, 0.4) is 0 Å². The highest BCUT2D eigenvalue weighted by Crippen LogP contribution is 2.24. The summed E-state index contributed by atoms with van der Waals surface area (Å²) < 4.78 is 0. The predicted molar refractivity (Wildman–Crippen MR) is 83.6 cm³/mol. The Bertz CT molecular complexity index is 560. The monoisotopic (exact) mass is 309 g/mol. The maximum absolute atomic E-state index is 12.4. The molecular weight excluding hydrogens is 290 g/mol. The normalized spacial score (nSPS) is 21.1. The van der Waals surface area contributed by atoms with E-state index in [1.54, 1.807) is 32.3 Å². The van der Waals surface area contributed by atoms with E-state index in [9.17, 15) is 9.59 Å². The minimum Gasteiger partial charge on any atom is -0.345 e. The average molecular weight is 310 g/mol. The number of anilines is 1. The SMILES string of the molecule is C[C@@H]1CNC[C@H]1C(=O)Nc1cc(Cl)ccc1C(=O)N(C)C. The first-order valence-electron chi connectivity index (χ1n) is 6.93. The van der Waals surface area contributed by atoms with Crippen molar-refractivity contribution in [2.45, 2.75) is 6.92 Å². The molecule has 0 bridgehead atoms. The van der Waals surface area contributed by atoms with Crippen molar-refractivity contribution in [3.8, 4) is 0 Å². The molecule has 0 aromatic heterocycles. The van der Waals surface area contributed by atoms with Gasteiger partial charge in [0.25, 0.3) is 5.91 Å². The third-order valence-electron chi connectivity index (χ3n) is 3.73. The molecule has 1 fully saturated rings. The molecule has 1 aliphatic rings. The van der Waals surface area contributed by atoms with Crippen LogP contribution in [0.5, 0.6) is 0 Å². The Hall–Kier alpha value is -1.59. The maximum Gasteiger partial charge on any atom is 0.255 e. The smallest absolute Gasteiger partial charge is 0.255 e. The average Bonchev–Trinajstić information content (AvgIpc) is 2.84. The van der Waals surface area contributed by atoms with E-state index in [0.29, 0.717) is 22.8 Å². The topological polar surface area (TPSA) is 61.4 Å². The Morgan fingerprint density at radius 2 is 2.05 bits per heavy atom. The molecule has 0 unspecified atom stereocenters. The van der Waals surface area contributed by atoms with Crippen LogP contribution < -0.4 is 10.6 Å². The fourth-order valence-electron chi connectivity index (χ4n) is 2.43. The number of hydrogen-bond donors (Lipinski definition) is 2. The Morgan fingerprint density at radius 3 is 2.62 bits per heavy atom. The second-order valence-corrected chi connectivity index (χ2v) is 6.06.